The van der Waals surface area contributed by atoms with E-state index in [4.69, 9.17) is 21.1 Å². The third kappa shape index (κ3) is 7.74. The van der Waals surface area contributed by atoms with Gasteiger partial charge in [-0.25, -0.2) is 9.59 Å². The van der Waals surface area contributed by atoms with Gasteiger partial charge in [-0.1, -0.05) is 55.8 Å². The Morgan fingerprint density at radius 3 is 2.73 bits per heavy atom. The highest BCUT2D eigenvalue weighted by molar-refractivity contribution is 6.30. The van der Waals surface area contributed by atoms with Crippen molar-refractivity contribution in [3.8, 4) is 0 Å². The average Bonchev–Trinajstić information content (AvgIpc) is 3.36. The van der Waals surface area contributed by atoms with Crippen molar-refractivity contribution in [1.82, 2.24) is 15.5 Å². The summed E-state index contributed by atoms with van der Waals surface area (Å²) >= 11 is 6.33. The van der Waals surface area contributed by atoms with Gasteiger partial charge in [0.1, 0.15) is 11.7 Å². The van der Waals surface area contributed by atoms with Gasteiger partial charge in [0.2, 0.25) is 0 Å². The Hall–Kier alpha value is -2.03. The molecule has 3 atom stereocenters. The molecular formula is C28H42ClN3O5. The highest BCUT2D eigenvalue weighted by Gasteiger charge is 2.43. The van der Waals surface area contributed by atoms with E-state index in [1.54, 1.807) is 0 Å². The molecule has 2 N–H and O–H groups in total. The number of ether oxygens (including phenoxy) is 3. The van der Waals surface area contributed by atoms with Gasteiger partial charge in [0.05, 0.1) is 19.8 Å². The van der Waals surface area contributed by atoms with Crippen LogP contribution >= 0.6 is 11.6 Å². The number of carbonyl (C=O) groups excluding carboxylic acids is 2. The number of amides is 2. The molecule has 2 aliphatic heterocycles. The lowest BCUT2D eigenvalue weighted by Gasteiger charge is -2.42. The third-order valence-corrected chi connectivity index (χ3v) is 8.29. The van der Waals surface area contributed by atoms with Gasteiger partial charge in [0.15, 0.2) is 0 Å². The maximum absolute atomic E-state index is 13.8. The number of methoxy groups -OCH3 is 1. The lowest BCUT2D eigenvalue weighted by atomic mass is 9.80. The Morgan fingerprint density at radius 2 is 2.00 bits per heavy atom. The van der Waals surface area contributed by atoms with Crippen molar-refractivity contribution in [3.63, 3.8) is 0 Å². The van der Waals surface area contributed by atoms with E-state index in [1.165, 1.54) is 39.2 Å². The van der Waals surface area contributed by atoms with Crippen molar-refractivity contribution in [2.24, 2.45) is 5.92 Å². The molecule has 0 aromatic heterocycles. The fourth-order valence-corrected chi connectivity index (χ4v) is 6.41. The summed E-state index contributed by atoms with van der Waals surface area (Å²) in [6.07, 6.45) is 9.76. The number of alkyl carbamates (subject to hydrolysis) is 1. The molecule has 1 aromatic carbocycles. The topological polar surface area (TPSA) is 89.1 Å². The normalized spacial score (nSPS) is 25.5. The van der Waals surface area contributed by atoms with Gasteiger partial charge < -0.3 is 29.7 Å². The van der Waals surface area contributed by atoms with Crippen LogP contribution in [0, 0.1) is 5.92 Å². The first kappa shape index (κ1) is 28.0. The molecule has 3 aliphatic rings. The van der Waals surface area contributed by atoms with E-state index < -0.39 is 11.7 Å². The summed E-state index contributed by atoms with van der Waals surface area (Å²) in [5.74, 6) is 0.628. The summed E-state index contributed by atoms with van der Waals surface area (Å²) in [6, 6.07) is 7.42. The zero-order valence-electron chi connectivity index (χ0n) is 22.0. The van der Waals surface area contributed by atoms with E-state index >= 15 is 0 Å². The van der Waals surface area contributed by atoms with Crippen LogP contribution in [0.25, 0.3) is 0 Å². The van der Waals surface area contributed by atoms with Crippen LogP contribution in [-0.2, 0) is 14.2 Å². The zero-order chi connectivity index (χ0) is 26.1. The second kappa shape index (κ2) is 13.7. The molecule has 1 aliphatic carbocycles. The number of rotatable bonds is 9. The first-order valence-corrected chi connectivity index (χ1v) is 14.3. The highest BCUT2D eigenvalue weighted by Crippen LogP contribution is 2.38. The summed E-state index contributed by atoms with van der Waals surface area (Å²) < 4.78 is 17.4. The summed E-state index contributed by atoms with van der Waals surface area (Å²) in [4.78, 5) is 27.1. The van der Waals surface area contributed by atoms with Gasteiger partial charge in [-0.2, -0.15) is 0 Å². The number of piperidine rings is 1. The van der Waals surface area contributed by atoms with Crippen LogP contribution in [0.1, 0.15) is 75.9 Å². The maximum atomic E-state index is 13.8. The highest BCUT2D eigenvalue weighted by atomic mass is 35.5. The smallest absolute Gasteiger partial charge is 0.410 e. The molecule has 3 fully saturated rings. The number of nitrogens with zero attached hydrogens (tertiary/aromatic N) is 1. The SMILES string of the molecule is COC(=O)NCCO[C@H](c1cccc(Cl)c1)C1CCCCN1C(=O)OC1(CC2CCCCC2)CCNC1. The van der Waals surface area contributed by atoms with Gasteiger partial charge >= 0.3 is 12.2 Å². The van der Waals surface area contributed by atoms with E-state index in [2.05, 4.69) is 15.4 Å². The number of hydrogen-bond donors (Lipinski definition) is 2. The largest absolute Gasteiger partial charge is 0.453 e. The van der Waals surface area contributed by atoms with Gasteiger partial charge in [0.25, 0.3) is 0 Å². The molecule has 2 unspecified atom stereocenters. The molecule has 2 heterocycles. The Balaban J connectivity index is 1.49. The van der Waals surface area contributed by atoms with Gasteiger partial charge in [-0.15, -0.1) is 0 Å². The number of nitrogens with one attached hydrogen (secondary N) is 2. The van der Waals surface area contributed by atoms with Crippen molar-refractivity contribution >= 4 is 23.8 Å². The first-order valence-electron chi connectivity index (χ1n) is 13.9. The molecule has 37 heavy (non-hydrogen) atoms. The summed E-state index contributed by atoms with van der Waals surface area (Å²) in [5.41, 5.74) is 0.479. The van der Waals surface area contributed by atoms with Gasteiger partial charge in [-0.3, -0.25) is 0 Å². The molecule has 1 aromatic rings. The molecule has 2 saturated heterocycles. The Labute approximate surface area is 225 Å². The second-order valence-electron chi connectivity index (χ2n) is 10.7. The number of benzene rings is 1. The third-order valence-electron chi connectivity index (χ3n) is 8.06. The molecular weight excluding hydrogens is 494 g/mol. The summed E-state index contributed by atoms with van der Waals surface area (Å²) in [6.45, 7) is 2.82. The van der Waals surface area contributed by atoms with Crippen LogP contribution in [0.4, 0.5) is 9.59 Å². The minimum Gasteiger partial charge on any atom is -0.453 e. The average molecular weight is 536 g/mol. The lowest BCUT2D eigenvalue weighted by molar-refractivity contribution is -0.0559. The van der Waals surface area contributed by atoms with Crippen molar-refractivity contribution in [1.29, 1.82) is 0 Å². The van der Waals surface area contributed by atoms with Crippen molar-refractivity contribution in [2.75, 3.05) is 39.9 Å². The molecule has 9 heteroatoms. The molecule has 4 rings (SSSR count). The second-order valence-corrected chi connectivity index (χ2v) is 11.1. The molecule has 206 valence electrons. The lowest BCUT2D eigenvalue weighted by Crippen LogP contribution is -2.51. The van der Waals surface area contributed by atoms with Gasteiger partial charge in [-0.05, 0) is 55.8 Å². The van der Waals surface area contributed by atoms with Crippen LogP contribution in [0.15, 0.2) is 24.3 Å². The van der Waals surface area contributed by atoms with E-state index in [1.807, 2.05) is 29.2 Å². The van der Waals surface area contributed by atoms with E-state index in [-0.39, 0.29) is 24.8 Å². The fraction of sp³-hybridized carbons (Fsp3) is 0.714. The van der Waals surface area contributed by atoms with Crippen LogP contribution < -0.4 is 10.6 Å². The van der Waals surface area contributed by atoms with Crippen molar-refractivity contribution < 1.29 is 23.8 Å². The first-order chi connectivity index (χ1) is 18.0. The maximum Gasteiger partial charge on any atom is 0.410 e. The van der Waals surface area contributed by atoms with Crippen molar-refractivity contribution in [2.45, 2.75) is 82.0 Å². The number of likely N-dealkylation sites (tertiary alicyclic amines) is 1. The Morgan fingerprint density at radius 1 is 1.19 bits per heavy atom. The van der Waals surface area contributed by atoms with E-state index in [0.29, 0.717) is 24.0 Å². The summed E-state index contributed by atoms with van der Waals surface area (Å²) in [7, 11) is 1.33. The zero-order valence-corrected chi connectivity index (χ0v) is 22.8. The molecule has 8 nitrogen and oxygen atoms in total. The Bertz CT molecular complexity index is 888. The summed E-state index contributed by atoms with van der Waals surface area (Å²) in [5, 5.41) is 6.72. The number of hydrogen-bond acceptors (Lipinski definition) is 6. The van der Waals surface area contributed by atoms with Crippen LogP contribution in [0.2, 0.25) is 5.02 Å². The van der Waals surface area contributed by atoms with E-state index in [0.717, 1.165) is 50.8 Å². The Kier molecular flexibility index (Phi) is 10.3. The monoisotopic (exact) mass is 535 g/mol. The van der Waals surface area contributed by atoms with Gasteiger partial charge in [0, 0.05) is 31.1 Å². The number of carbonyl (C=O) groups is 2. The quantitative estimate of drug-likeness (QED) is 0.409. The fourth-order valence-electron chi connectivity index (χ4n) is 6.21. The predicted molar refractivity (Wildman–Crippen MR) is 143 cm³/mol. The van der Waals surface area contributed by atoms with Crippen LogP contribution in [0.3, 0.4) is 0 Å². The molecule has 0 radical (unpaired) electrons. The predicted octanol–water partition coefficient (Wildman–Crippen LogP) is 5.45. The van der Waals surface area contributed by atoms with Crippen LogP contribution in [-0.4, -0.2) is 68.6 Å². The van der Waals surface area contributed by atoms with Crippen molar-refractivity contribution in [3.05, 3.63) is 34.9 Å². The molecule has 2 amide bonds. The van der Waals surface area contributed by atoms with Crippen LogP contribution in [0.5, 0.6) is 0 Å². The molecule has 1 saturated carbocycles. The van der Waals surface area contributed by atoms with E-state index in [9.17, 15) is 9.59 Å². The molecule has 0 bridgehead atoms. The minimum atomic E-state index is -0.501. The minimum absolute atomic E-state index is 0.182. The standard InChI is InChI=1S/C28H42ClN3O5/c1-35-26(33)31-15-17-36-25(22-10-7-11-23(29)18-22)24-12-5-6-16-32(24)27(34)37-28(13-14-30-20-28)19-21-8-3-2-4-9-21/h7,10-11,18,21,24-25,30H,2-6,8-9,12-17,19-20H2,1H3,(H,31,33)/t24?,25-,28?/m1/s1. The molecule has 0 spiro atoms. The number of halogens is 1.